The Morgan fingerprint density at radius 1 is 1.12 bits per heavy atom. The fraction of sp³-hybridized carbons (Fsp3) is 0.263. The second-order valence-electron chi connectivity index (χ2n) is 5.76. The first-order valence-corrected chi connectivity index (χ1v) is 9.20. The van der Waals surface area contributed by atoms with Crippen molar-refractivity contribution in [1.29, 1.82) is 0 Å². The number of carbonyl (C=O) groups excluding carboxylic acids is 1. The Morgan fingerprint density at radius 3 is 2.60 bits per heavy atom. The number of pyridine rings is 1. The van der Waals surface area contributed by atoms with E-state index < -0.39 is 0 Å². The molecule has 0 atom stereocenters. The molecule has 0 radical (unpaired) electrons. The minimum atomic E-state index is 0.180. The zero-order chi connectivity index (χ0) is 17.6. The van der Waals surface area contributed by atoms with Crippen LogP contribution in [0.5, 0.6) is 0 Å². The highest BCUT2D eigenvalue weighted by atomic mass is 32.2. The molecular formula is C19H20N4OS. The fourth-order valence-electron chi connectivity index (χ4n) is 2.49. The lowest BCUT2D eigenvalue weighted by Crippen LogP contribution is -2.07. The third-order valence-electron chi connectivity index (χ3n) is 3.81. The van der Waals surface area contributed by atoms with E-state index in [1.165, 1.54) is 17.3 Å². The van der Waals surface area contributed by atoms with Crippen molar-refractivity contribution in [2.24, 2.45) is 0 Å². The molecule has 2 aromatic heterocycles. The van der Waals surface area contributed by atoms with Crippen molar-refractivity contribution >= 4 is 17.5 Å². The van der Waals surface area contributed by atoms with Gasteiger partial charge in [-0.15, -0.1) is 10.2 Å². The molecule has 2 heterocycles. The smallest absolute Gasteiger partial charge is 0.191 e. The molecule has 0 saturated carbocycles. The molecule has 3 rings (SSSR count). The first-order chi connectivity index (χ1) is 12.2. The molecule has 3 aromatic rings. The number of benzene rings is 1. The van der Waals surface area contributed by atoms with Crippen LogP contribution in [0, 0.1) is 6.92 Å². The summed E-state index contributed by atoms with van der Waals surface area (Å²) in [7, 11) is 0. The number of rotatable bonds is 7. The summed E-state index contributed by atoms with van der Waals surface area (Å²) in [5.41, 5.74) is 3.03. The lowest BCUT2D eigenvalue weighted by molar-refractivity contribution is -0.116. The summed E-state index contributed by atoms with van der Waals surface area (Å²) in [6.45, 7) is 4.81. The number of hydrogen-bond acceptors (Lipinski definition) is 5. The van der Waals surface area contributed by atoms with Crippen molar-refractivity contribution in [3.05, 3.63) is 59.8 Å². The maximum Gasteiger partial charge on any atom is 0.191 e. The van der Waals surface area contributed by atoms with Gasteiger partial charge < -0.3 is 4.57 Å². The topological polar surface area (TPSA) is 60.7 Å². The average Bonchev–Trinajstić information content (AvgIpc) is 3.05. The Balaban J connectivity index is 1.66. The Kier molecular flexibility index (Phi) is 5.60. The highest BCUT2D eigenvalue weighted by Gasteiger charge is 2.15. The van der Waals surface area contributed by atoms with Gasteiger partial charge in [-0.2, -0.15) is 0 Å². The van der Waals surface area contributed by atoms with Gasteiger partial charge in [-0.25, -0.2) is 0 Å². The van der Waals surface area contributed by atoms with Gasteiger partial charge in [0.2, 0.25) is 0 Å². The molecule has 0 saturated heterocycles. The van der Waals surface area contributed by atoms with E-state index in [9.17, 15) is 4.79 Å². The van der Waals surface area contributed by atoms with E-state index in [0.29, 0.717) is 12.2 Å². The van der Waals surface area contributed by atoms with Crippen LogP contribution in [0.2, 0.25) is 0 Å². The number of aryl methyl sites for hydroxylation is 1. The SMILES string of the molecule is CCn1c(SCC(=O)Cc2ccc(C)cc2)nnc1-c1ccccn1. The minimum absolute atomic E-state index is 0.180. The van der Waals surface area contributed by atoms with Crippen molar-refractivity contribution in [3.63, 3.8) is 0 Å². The molecule has 0 aliphatic carbocycles. The van der Waals surface area contributed by atoms with Gasteiger partial charge in [-0.1, -0.05) is 47.7 Å². The van der Waals surface area contributed by atoms with E-state index in [2.05, 4.69) is 15.2 Å². The summed E-state index contributed by atoms with van der Waals surface area (Å²) in [4.78, 5) is 16.6. The molecule has 0 spiro atoms. The van der Waals surface area contributed by atoms with E-state index in [1.807, 2.05) is 60.9 Å². The highest BCUT2D eigenvalue weighted by molar-refractivity contribution is 7.99. The Morgan fingerprint density at radius 2 is 1.92 bits per heavy atom. The van der Waals surface area contributed by atoms with Crippen molar-refractivity contribution < 1.29 is 4.79 Å². The summed E-state index contributed by atoms with van der Waals surface area (Å²) in [6, 6.07) is 13.8. The van der Waals surface area contributed by atoms with Crippen molar-refractivity contribution in [3.8, 4) is 11.5 Å². The van der Waals surface area contributed by atoms with Crippen molar-refractivity contribution in [2.75, 3.05) is 5.75 Å². The molecule has 0 N–H and O–H groups in total. The zero-order valence-electron chi connectivity index (χ0n) is 14.3. The molecule has 6 heteroatoms. The summed E-state index contributed by atoms with van der Waals surface area (Å²) < 4.78 is 1.99. The molecule has 5 nitrogen and oxygen atoms in total. The average molecular weight is 352 g/mol. The lowest BCUT2D eigenvalue weighted by atomic mass is 10.1. The van der Waals surface area contributed by atoms with Crippen LogP contribution >= 0.6 is 11.8 Å². The number of thioether (sulfide) groups is 1. The summed E-state index contributed by atoms with van der Waals surface area (Å²) in [5.74, 6) is 1.30. The summed E-state index contributed by atoms with van der Waals surface area (Å²) >= 11 is 1.43. The van der Waals surface area contributed by atoms with Gasteiger partial charge in [0.1, 0.15) is 11.5 Å². The van der Waals surface area contributed by atoms with Gasteiger partial charge in [0, 0.05) is 19.2 Å². The number of hydrogen-bond donors (Lipinski definition) is 0. The molecular weight excluding hydrogens is 332 g/mol. The van der Waals surface area contributed by atoms with Gasteiger partial charge in [0.25, 0.3) is 0 Å². The van der Waals surface area contributed by atoms with Crippen LogP contribution in [0.1, 0.15) is 18.1 Å². The second-order valence-corrected chi connectivity index (χ2v) is 6.70. The molecule has 0 fully saturated rings. The summed E-state index contributed by atoms with van der Waals surface area (Å²) in [5, 5.41) is 9.24. The van der Waals surface area contributed by atoms with E-state index in [1.54, 1.807) is 6.20 Å². The summed E-state index contributed by atoms with van der Waals surface area (Å²) in [6.07, 6.45) is 2.18. The molecule has 128 valence electrons. The molecule has 0 aliphatic rings. The van der Waals surface area contributed by atoms with E-state index in [4.69, 9.17) is 0 Å². The van der Waals surface area contributed by atoms with Gasteiger partial charge >= 0.3 is 0 Å². The molecule has 0 unspecified atom stereocenters. The van der Waals surface area contributed by atoms with Crippen LogP contribution in [0.25, 0.3) is 11.5 Å². The number of ketones is 1. The normalized spacial score (nSPS) is 10.8. The highest BCUT2D eigenvalue weighted by Crippen LogP contribution is 2.22. The van der Waals surface area contributed by atoms with Crippen LogP contribution in [0.4, 0.5) is 0 Å². The standard InChI is InChI=1S/C19H20N4OS/c1-3-23-18(17-6-4-5-11-20-17)21-22-19(23)25-13-16(24)12-15-9-7-14(2)8-10-15/h4-11H,3,12-13H2,1-2H3. The molecule has 25 heavy (non-hydrogen) atoms. The maximum absolute atomic E-state index is 12.3. The van der Waals surface area contributed by atoms with Gasteiger partial charge in [-0.3, -0.25) is 9.78 Å². The number of carbonyl (C=O) groups is 1. The van der Waals surface area contributed by atoms with Crippen molar-refractivity contribution in [1.82, 2.24) is 19.7 Å². The molecule has 0 bridgehead atoms. The lowest BCUT2D eigenvalue weighted by Gasteiger charge is -2.06. The maximum atomic E-state index is 12.3. The number of nitrogens with zero attached hydrogens (tertiary/aromatic N) is 4. The third kappa shape index (κ3) is 4.33. The van der Waals surface area contributed by atoms with Gasteiger partial charge in [0.05, 0.1) is 5.75 Å². The van der Waals surface area contributed by atoms with Gasteiger partial charge in [0.15, 0.2) is 11.0 Å². The van der Waals surface area contributed by atoms with E-state index in [-0.39, 0.29) is 5.78 Å². The molecule has 1 aromatic carbocycles. The quantitative estimate of drug-likeness (QED) is 0.608. The van der Waals surface area contributed by atoms with Crippen LogP contribution in [-0.4, -0.2) is 31.3 Å². The predicted molar refractivity (Wildman–Crippen MR) is 99.5 cm³/mol. The fourth-order valence-corrected chi connectivity index (χ4v) is 3.36. The molecule has 0 amide bonds. The van der Waals surface area contributed by atoms with Crippen LogP contribution in [0.3, 0.4) is 0 Å². The van der Waals surface area contributed by atoms with Crippen LogP contribution in [0.15, 0.2) is 53.8 Å². The van der Waals surface area contributed by atoms with Crippen LogP contribution < -0.4 is 0 Å². The van der Waals surface area contributed by atoms with Crippen LogP contribution in [-0.2, 0) is 17.8 Å². The second kappa shape index (κ2) is 8.07. The van der Waals surface area contributed by atoms with Crippen molar-refractivity contribution in [2.45, 2.75) is 32.0 Å². The Bertz CT molecular complexity index is 844. The largest absolute Gasteiger partial charge is 0.301 e. The Hall–Kier alpha value is -2.47. The number of aromatic nitrogens is 4. The number of Topliss-reactive ketones (excluding diaryl/α,β-unsaturated/α-hetero) is 1. The Labute approximate surface area is 151 Å². The first kappa shape index (κ1) is 17.4. The van der Waals surface area contributed by atoms with Gasteiger partial charge in [-0.05, 0) is 31.5 Å². The minimum Gasteiger partial charge on any atom is -0.301 e. The molecule has 0 aliphatic heterocycles. The van der Waals surface area contributed by atoms with E-state index in [0.717, 1.165) is 28.8 Å². The van der Waals surface area contributed by atoms with E-state index >= 15 is 0 Å². The predicted octanol–water partition coefficient (Wildman–Crippen LogP) is 3.57. The zero-order valence-corrected chi connectivity index (χ0v) is 15.2. The first-order valence-electron chi connectivity index (χ1n) is 8.22. The monoisotopic (exact) mass is 352 g/mol. The third-order valence-corrected chi connectivity index (χ3v) is 4.84.